The lowest BCUT2D eigenvalue weighted by Crippen LogP contribution is -2.50. The Morgan fingerprint density at radius 1 is 1.22 bits per heavy atom. The van der Waals surface area contributed by atoms with Gasteiger partial charge in [-0.3, -0.25) is 0 Å². The van der Waals surface area contributed by atoms with Crippen LogP contribution < -0.4 is 10.6 Å². The topological polar surface area (TPSA) is 79.8 Å². The minimum Gasteiger partial charge on any atom is -0.444 e. The molecule has 0 saturated carbocycles. The Labute approximate surface area is 186 Å². The van der Waals surface area contributed by atoms with Crippen LogP contribution in [-0.2, 0) is 22.5 Å². The van der Waals surface area contributed by atoms with Gasteiger partial charge in [-0.2, -0.15) is 0 Å². The maximum Gasteiger partial charge on any atom is 0.407 e. The van der Waals surface area contributed by atoms with E-state index in [4.69, 9.17) is 9.47 Å². The highest BCUT2D eigenvalue weighted by Gasteiger charge is 2.27. The predicted molar refractivity (Wildman–Crippen MR) is 116 cm³/mol. The fraction of sp³-hybridized carbons (Fsp3) is 0.458. The highest BCUT2D eigenvalue weighted by Crippen LogP contribution is 2.24. The van der Waals surface area contributed by atoms with Gasteiger partial charge in [0.05, 0.1) is 31.4 Å². The first-order valence-electron chi connectivity index (χ1n) is 10.6. The smallest absolute Gasteiger partial charge is 0.407 e. The quantitative estimate of drug-likeness (QED) is 0.603. The van der Waals surface area contributed by atoms with Crippen LogP contribution in [0.25, 0.3) is 0 Å². The molecule has 2 unspecified atom stereocenters. The molecule has 1 aliphatic heterocycles. The average molecular weight is 449 g/mol. The summed E-state index contributed by atoms with van der Waals surface area (Å²) in [6.45, 7) is 6.28. The molecular formula is C24H30F2N2O4. The first kappa shape index (κ1) is 24.1. The van der Waals surface area contributed by atoms with Crippen LogP contribution in [0.4, 0.5) is 13.6 Å². The van der Waals surface area contributed by atoms with Crippen LogP contribution in [-0.4, -0.2) is 42.1 Å². The summed E-state index contributed by atoms with van der Waals surface area (Å²) in [7, 11) is 0. The number of carbonyl (C=O) groups excluding carboxylic acids is 1. The van der Waals surface area contributed by atoms with Gasteiger partial charge in [-0.1, -0.05) is 24.3 Å². The van der Waals surface area contributed by atoms with E-state index in [1.54, 1.807) is 20.8 Å². The van der Waals surface area contributed by atoms with Crippen molar-refractivity contribution in [3.8, 4) is 0 Å². The summed E-state index contributed by atoms with van der Waals surface area (Å²) in [6.07, 6.45) is -1.75. The molecule has 1 heterocycles. The highest BCUT2D eigenvalue weighted by molar-refractivity contribution is 5.68. The number of benzene rings is 2. The van der Waals surface area contributed by atoms with Crippen LogP contribution in [0.5, 0.6) is 0 Å². The fourth-order valence-electron chi connectivity index (χ4n) is 3.68. The second kappa shape index (κ2) is 10.4. The van der Waals surface area contributed by atoms with E-state index in [0.717, 1.165) is 17.2 Å². The van der Waals surface area contributed by atoms with Gasteiger partial charge in [0, 0.05) is 12.6 Å². The fourth-order valence-corrected chi connectivity index (χ4v) is 3.68. The third-order valence-corrected chi connectivity index (χ3v) is 5.09. The largest absolute Gasteiger partial charge is 0.444 e. The van der Waals surface area contributed by atoms with Crippen molar-refractivity contribution in [3.63, 3.8) is 0 Å². The van der Waals surface area contributed by atoms with E-state index in [1.807, 2.05) is 24.3 Å². The number of ether oxygens (including phenoxy) is 2. The van der Waals surface area contributed by atoms with E-state index >= 15 is 0 Å². The van der Waals surface area contributed by atoms with Crippen molar-refractivity contribution in [1.29, 1.82) is 0 Å². The van der Waals surface area contributed by atoms with Crippen molar-refractivity contribution in [2.24, 2.45) is 0 Å². The molecule has 3 N–H and O–H groups in total. The number of amides is 1. The van der Waals surface area contributed by atoms with Gasteiger partial charge in [0.15, 0.2) is 0 Å². The Morgan fingerprint density at radius 3 is 2.59 bits per heavy atom. The Bertz CT molecular complexity index is 912. The monoisotopic (exact) mass is 448 g/mol. The minimum atomic E-state index is -1.05. The van der Waals surface area contributed by atoms with Crippen molar-refractivity contribution < 1.29 is 28.2 Å². The van der Waals surface area contributed by atoms with Crippen LogP contribution >= 0.6 is 0 Å². The SMILES string of the molecule is CC(C)(C)OC(=O)N[C@@H](Cc1cc(F)cc(F)c1)C(O)CNC1COCc2ccccc21. The number of fused-ring (bicyclic) bond motifs is 1. The summed E-state index contributed by atoms with van der Waals surface area (Å²) in [5.74, 6) is -1.45. The normalized spacial score (nSPS) is 17.9. The van der Waals surface area contributed by atoms with E-state index in [9.17, 15) is 18.7 Å². The highest BCUT2D eigenvalue weighted by atomic mass is 19.1. The standard InChI is InChI=1S/C24H30F2N2O4/c1-24(2,3)32-23(30)28-20(10-15-8-17(25)11-18(26)9-15)22(29)12-27-21-14-31-13-16-6-4-5-7-19(16)21/h4-9,11,20-22,27,29H,10,12-14H2,1-3H3,(H,28,30)/t20-,21?,22?/m0/s1. The van der Waals surface area contributed by atoms with E-state index < -0.39 is 35.5 Å². The minimum absolute atomic E-state index is 0.0223. The molecule has 0 aromatic heterocycles. The third-order valence-electron chi connectivity index (χ3n) is 5.09. The average Bonchev–Trinajstić information content (AvgIpc) is 2.69. The van der Waals surface area contributed by atoms with Gasteiger partial charge in [0.2, 0.25) is 0 Å². The summed E-state index contributed by atoms with van der Waals surface area (Å²) in [5, 5.41) is 16.8. The van der Waals surface area contributed by atoms with Gasteiger partial charge in [0.1, 0.15) is 17.2 Å². The molecule has 0 radical (unpaired) electrons. The molecule has 174 valence electrons. The van der Waals surface area contributed by atoms with Crippen molar-refractivity contribution in [3.05, 3.63) is 70.8 Å². The number of rotatable bonds is 7. The maximum atomic E-state index is 13.7. The Morgan fingerprint density at radius 2 is 1.91 bits per heavy atom. The predicted octanol–water partition coefficient (Wildman–Crippen LogP) is 3.62. The Balaban J connectivity index is 1.71. The lowest BCUT2D eigenvalue weighted by atomic mass is 9.97. The molecule has 2 aromatic carbocycles. The van der Waals surface area contributed by atoms with E-state index in [-0.39, 0.29) is 19.0 Å². The maximum absolute atomic E-state index is 13.7. The van der Waals surface area contributed by atoms with Crippen LogP contribution in [0.3, 0.4) is 0 Å². The van der Waals surface area contributed by atoms with Crippen LogP contribution in [0.1, 0.15) is 43.5 Å². The van der Waals surface area contributed by atoms with Crippen LogP contribution in [0, 0.1) is 11.6 Å². The summed E-state index contributed by atoms with van der Waals surface area (Å²) in [6, 6.07) is 10.1. The van der Waals surface area contributed by atoms with Gasteiger partial charge < -0.3 is 25.2 Å². The zero-order chi connectivity index (χ0) is 23.3. The second-order valence-electron chi connectivity index (χ2n) is 8.98. The summed E-state index contributed by atoms with van der Waals surface area (Å²) in [4.78, 5) is 12.3. The molecule has 6 nitrogen and oxygen atoms in total. The molecule has 0 aliphatic carbocycles. The van der Waals surface area contributed by atoms with Crippen molar-refractivity contribution in [2.75, 3.05) is 13.2 Å². The van der Waals surface area contributed by atoms with Crippen molar-refractivity contribution in [1.82, 2.24) is 10.6 Å². The lowest BCUT2D eigenvalue weighted by Gasteiger charge is -2.30. The van der Waals surface area contributed by atoms with Gasteiger partial charge in [-0.05, 0) is 56.0 Å². The summed E-state index contributed by atoms with van der Waals surface area (Å²) < 4.78 is 38.2. The van der Waals surface area contributed by atoms with Crippen molar-refractivity contribution in [2.45, 2.75) is 57.6 Å². The van der Waals surface area contributed by atoms with Crippen LogP contribution in [0.2, 0.25) is 0 Å². The number of nitrogens with one attached hydrogen (secondary N) is 2. The number of aliphatic hydroxyl groups excluding tert-OH is 1. The summed E-state index contributed by atoms with van der Waals surface area (Å²) in [5.41, 5.74) is 1.75. The van der Waals surface area contributed by atoms with Gasteiger partial charge >= 0.3 is 6.09 Å². The van der Waals surface area contributed by atoms with Gasteiger partial charge in [-0.25, -0.2) is 13.6 Å². The number of hydrogen-bond acceptors (Lipinski definition) is 5. The molecule has 2 aromatic rings. The van der Waals surface area contributed by atoms with Gasteiger partial charge in [-0.15, -0.1) is 0 Å². The molecular weight excluding hydrogens is 418 g/mol. The zero-order valence-corrected chi connectivity index (χ0v) is 18.5. The number of alkyl carbamates (subject to hydrolysis) is 1. The molecule has 3 rings (SSSR count). The van der Waals surface area contributed by atoms with E-state index in [1.165, 1.54) is 12.1 Å². The molecule has 0 spiro atoms. The number of carbonyl (C=O) groups is 1. The summed E-state index contributed by atoms with van der Waals surface area (Å²) >= 11 is 0. The number of halogens is 2. The van der Waals surface area contributed by atoms with Crippen LogP contribution in [0.15, 0.2) is 42.5 Å². The van der Waals surface area contributed by atoms with E-state index in [0.29, 0.717) is 18.8 Å². The van der Waals surface area contributed by atoms with Gasteiger partial charge in [0.25, 0.3) is 0 Å². The number of aliphatic hydroxyl groups is 1. The second-order valence-corrected chi connectivity index (χ2v) is 8.98. The molecule has 1 aliphatic rings. The third kappa shape index (κ3) is 6.98. The molecule has 1 amide bonds. The molecule has 0 fully saturated rings. The molecule has 0 saturated heterocycles. The Hall–Kier alpha value is -2.55. The first-order valence-corrected chi connectivity index (χ1v) is 10.6. The molecule has 3 atom stereocenters. The van der Waals surface area contributed by atoms with E-state index in [2.05, 4.69) is 10.6 Å². The Kier molecular flexibility index (Phi) is 7.82. The molecule has 8 heteroatoms. The number of hydrogen-bond donors (Lipinski definition) is 3. The lowest BCUT2D eigenvalue weighted by molar-refractivity contribution is 0.0401. The molecule has 32 heavy (non-hydrogen) atoms. The van der Waals surface area contributed by atoms with Crippen molar-refractivity contribution >= 4 is 6.09 Å². The molecule has 0 bridgehead atoms. The zero-order valence-electron chi connectivity index (χ0n) is 18.5. The first-order chi connectivity index (χ1) is 15.1.